The Kier molecular flexibility index (Phi) is 6.16. The van der Waals surface area contributed by atoms with Gasteiger partial charge in [-0.2, -0.15) is 0 Å². The van der Waals surface area contributed by atoms with Crippen LogP contribution in [0.25, 0.3) is 0 Å². The first kappa shape index (κ1) is 19.4. The van der Waals surface area contributed by atoms with E-state index in [9.17, 15) is 13.2 Å². The van der Waals surface area contributed by atoms with E-state index in [2.05, 4.69) is 9.46 Å². The van der Waals surface area contributed by atoms with Gasteiger partial charge in [-0.25, -0.2) is 13.2 Å². The molecule has 0 aliphatic rings. The summed E-state index contributed by atoms with van der Waals surface area (Å²) in [6.07, 6.45) is 0. The van der Waals surface area contributed by atoms with Crippen molar-refractivity contribution in [3.63, 3.8) is 0 Å². The molecule has 6 nitrogen and oxygen atoms in total. The molecular formula is C16H15Cl2NO5S. The third-order valence-corrected chi connectivity index (χ3v) is 5.29. The smallest absolute Gasteiger partial charge is 0.343 e. The molecule has 0 aromatic heterocycles. The van der Waals surface area contributed by atoms with E-state index in [0.717, 1.165) is 5.56 Å². The Hall–Kier alpha value is -1.96. The SMILES string of the molecule is COC(=O)COc1ccc(S(=O)(=O)Nc2ccc(C)c(Cl)c2)cc1Cl. The molecule has 0 aliphatic carbocycles. The Morgan fingerprint density at radius 2 is 1.84 bits per heavy atom. The average molecular weight is 404 g/mol. The van der Waals surface area contributed by atoms with E-state index in [-0.39, 0.29) is 22.3 Å². The number of benzene rings is 2. The molecular weight excluding hydrogens is 389 g/mol. The molecule has 0 amide bonds. The van der Waals surface area contributed by atoms with Gasteiger partial charge in [0, 0.05) is 5.02 Å². The molecule has 1 N–H and O–H groups in total. The van der Waals surface area contributed by atoms with Gasteiger partial charge in [0.25, 0.3) is 10.0 Å². The van der Waals surface area contributed by atoms with Crippen LogP contribution in [0.3, 0.4) is 0 Å². The molecule has 0 unspecified atom stereocenters. The topological polar surface area (TPSA) is 81.7 Å². The number of ether oxygens (including phenoxy) is 2. The lowest BCUT2D eigenvalue weighted by Crippen LogP contribution is -2.14. The Balaban J connectivity index is 2.20. The average Bonchev–Trinajstić information content (AvgIpc) is 2.56. The van der Waals surface area contributed by atoms with Crippen LogP contribution in [0.15, 0.2) is 41.3 Å². The van der Waals surface area contributed by atoms with Crippen molar-refractivity contribution in [1.82, 2.24) is 0 Å². The molecule has 0 aliphatic heterocycles. The van der Waals surface area contributed by atoms with E-state index >= 15 is 0 Å². The summed E-state index contributed by atoms with van der Waals surface area (Å²) in [6.45, 7) is 1.48. The Morgan fingerprint density at radius 3 is 2.44 bits per heavy atom. The maximum absolute atomic E-state index is 12.4. The number of esters is 1. The number of hydrogen-bond acceptors (Lipinski definition) is 5. The van der Waals surface area contributed by atoms with E-state index in [1.807, 2.05) is 6.92 Å². The van der Waals surface area contributed by atoms with Crippen molar-refractivity contribution in [3.05, 3.63) is 52.0 Å². The predicted octanol–water partition coefficient (Wildman–Crippen LogP) is 3.65. The highest BCUT2D eigenvalue weighted by Gasteiger charge is 2.17. The molecule has 0 bridgehead atoms. The first-order valence-corrected chi connectivity index (χ1v) is 9.25. The number of anilines is 1. The Bertz CT molecular complexity index is 899. The van der Waals surface area contributed by atoms with E-state index in [4.69, 9.17) is 27.9 Å². The van der Waals surface area contributed by atoms with Crippen LogP contribution in [-0.4, -0.2) is 28.1 Å². The summed E-state index contributed by atoms with van der Waals surface area (Å²) in [4.78, 5) is 11.0. The zero-order valence-electron chi connectivity index (χ0n) is 13.4. The maximum Gasteiger partial charge on any atom is 0.343 e. The summed E-state index contributed by atoms with van der Waals surface area (Å²) in [5, 5.41) is 0.499. The fourth-order valence-corrected chi connectivity index (χ4v) is 3.39. The number of rotatable bonds is 6. The largest absolute Gasteiger partial charge is 0.480 e. The predicted molar refractivity (Wildman–Crippen MR) is 96.0 cm³/mol. The number of carbonyl (C=O) groups excluding carboxylic acids is 1. The molecule has 2 rings (SSSR count). The van der Waals surface area contributed by atoms with Crippen LogP contribution in [0, 0.1) is 6.92 Å². The van der Waals surface area contributed by atoms with E-state index in [0.29, 0.717) is 10.7 Å². The summed E-state index contributed by atoms with van der Waals surface area (Å²) in [6, 6.07) is 8.74. The van der Waals surface area contributed by atoms with Crippen molar-refractivity contribution in [3.8, 4) is 5.75 Å². The highest BCUT2D eigenvalue weighted by Crippen LogP contribution is 2.29. The quantitative estimate of drug-likeness (QED) is 0.744. The minimum absolute atomic E-state index is 0.0497. The van der Waals surface area contributed by atoms with Gasteiger partial charge in [-0.05, 0) is 42.8 Å². The second kappa shape index (κ2) is 7.95. The lowest BCUT2D eigenvalue weighted by atomic mass is 10.2. The first-order valence-electron chi connectivity index (χ1n) is 7.01. The van der Waals surface area contributed by atoms with Gasteiger partial charge in [0.15, 0.2) is 6.61 Å². The lowest BCUT2D eigenvalue weighted by Gasteiger charge is -2.11. The number of carbonyl (C=O) groups is 1. The van der Waals surface area contributed by atoms with Crippen molar-refractivity contribution in [2.75, 3.05) is 18.4 Å². The number of halogens is 2. The lowest BCUT2D eigenvalue weighted by molar-refractivity contribution is -0.142. The van der Waals surface area contributed by atoms with Gasteiger partial charge in [0.2, 0.25) is 0 Å². The van der Waals surface area contributed by atoms with Gasteiger partial charge in [-0.1, -0.05) is 29.3 Å². The zero-order valence-corrected chi connectivity index (χ0v) is 15.7. The number of hydrogen-bond donors (Lipinski definition) is 1. The van der Waals surface area contributed by atoms with Crippen molar-refractivity contribution in [2.24, 2.45) is 0 Å². The molecule has 9 heteroatoms. The van der Waals surface area contributed by atoms with Crippen molar-refractivity contribution in [1.29, 1.82) is 0 Å². The van der Waals surface area contributed by atoms with Gasteiger partial charge in [-0.3, -0.25) is 4.72 Å². The molecule has 0 spiro atoms. The van der Waals surface area contributed by atoms with Gasteiger partial charge in [-0.15, -0.1) is 0 Å². The molecule has 134 valence electrons. The number of sulfonamides is 1. The second-order valence-electron chi connectivity index (χ2n) is 5.03. The van der Waals surface area contributed by atoms with Gasteiger partial charge in [0.05, 0.1) is 22.7 Å². The number of methoxy groups -OCH3 is 1. The van der Waals surface area contributed by atoms with Crippen LogP contribution in [0.5, 0.6) is 5.75 Å². The number of aryl methyl sites for hydroxylation is 1. The molecule has 2 aromatic rings. The van der Waals surface area contributed by atoms with Crippen molar-refractivity contribution >= 4 is 44.9 Å². The van der Waals surface area contributed by atoms with Gasteiger partial charge < -0.3 is 9.47 Å². The van der Waals surface area contributed by atoms with E-state index < -0.39 is 16.0 Å². The summed E-state index contributed by atoms with van der Waals surface area (Å²) in [7, 11) is -2.63. The normalized spacial score (nSPS) is 11.0. The molecule has 25 heavy (non-hydrogen) atoms. The monoisotopic (exact) mass is 403 g/mol. The van der Waals surface area contributed by atoms with Crippen LogP contribution < -0.4 is 9.46 Å². The summed E-state index contributed by atoms with van der Waals surface area (Å²) < 4.78 is 36.9. The standard InChI is InChI=1S/C16H15Cl2NO5S/c1-10-3-4-11(7-13(10)17)19-25(21,22)12-5-6-15(14(18)8-12)24-9-16(20)23-2/h3-8,19H,9H2,1-2H3. The molecule has 0 saturated carbocycles. The fourth-order valence-electron chi connectivity index (χ4n) is 1.83. The van der Waals surface area contributed by atoms with Gasteiger partial charge in [0.1, 0.15) is 5.75 Å². The highest BCUT2D eigenvalue weighted by molar-refractivity contribution is 7.92. The van der Waals surface area contributed by atoms with Crippen molar-refractivity contribution < 1.29 is 22.7 Å². The fraction of sp³-hybridized carbons (Fsp3) is 0.188. The van der Waals surface area contributed by atoms with Gasteiger partial charge >= 0.3 is 5.97 Å². The van der Waals surface area contributed by atoms with Crippen LogP contribution in [0.1, 0.15) is 5.56 Å². The maximum atomic E-state index is 12.4. The molecule has 0 fully saturated rings. The van der Waals surface area contributed by atoms with Crippen molar-refractivity contribution in [2.45, 2.75) is 11.8 Å². The summed E-state index contributed by atoms with van der Waals surface area (Å²) in [5.41, 5.74) is 1.16. The van der Waals surface area contributed by atoms with E-state index in [1.165, 1.54) is 31.4 Å². The highest BCUT2D eigenvalue weighted by atomic mass is 35.5. The Morgan fingerprint density at radius 1 is 1.12 bits per heavy atom. The molecule has 0 heterocycles. The van der Waals surface area contributed by atoms with Crippen LogP contribution in [0.2, 0.25) is 10.0 Å². The molecule has 0 saturated heterocycles. The summed E-state index contributed by atoms with van der Waals surface area (Å²) in [5.74, 6) is -0.407. The zero-order chi connectivity index (χ0) is 18.6. The summed E-state index contributed by atoms with van der Waals surface area (Å²) >= 11 is 12.0. The molecule has 2 aromatic carbocycles. The molecule has 0 radical (unpaired) electrons. The minimum Gasteiger partial charge on any atom is -0.480 e. The van der Waals surface area contributed by atoms with E-state index in [1.54, 1.807) is 12.1 Å². The van der Waals surface area contributed by atoms with Crippen LogP contribution in [-0.2, 0) is 19.6 Å². The van der Waals surface area contributed by atoms with Crippen LogP contribution in [0.4, 0.5) is 5.69 Å². The third kappa shape index (κ3) is 5.01. The Labute approximate surface area is 155 Å². The molecule has 0 atom stereocenters. The van der Waals surface area contributed by atoms with Crippen LogP contribution >= 0.6 is 23.2 Å². The third-order valence-electron chi connectivity index (χ3n) is 3.21. The second-order valence-corrected chi connectivity index (χ2v) is 7.52. The number of nitrogens with one attached hydrogen (secondary N) is 1. The minimum atomic E-state index is -3.86. The first-order chi connectivity index (χ1) is 11.7.